The van der Waals surface area contributed by atoms with Gasteiger partial charge >= 0.3 is 0 Å². The molecular weight excluding hydrogens is 126 g/mol. The van der Waals surface area contributed by atoms with Crippen LogP contribution in [0.5, 0.6) is 0 Å². The van der Waals surface area contributed by atoms with E-state index in [1.807, 2.05) is 39.0 Å². The summed E-state index contributed by atoms with van der Waals surface area (Å²) in [6, 6.07) is 0. The van der Waals surface area contributed by atoms with Crippen molar-refractivity contribution in [3.05, 3.63) is 11.8 Å². The highest BCUT2D eigenvalue weighted by Gasteiger charge is 2.00. The van der Waals surface area contributed by atoms with Crippen LogP contribution in [0.25, 0.3) is 0 Å². The van der Waals surface area contributed by atoms with Crippen LogP contribution in [-0.2, 0) is 4.79 Å². The van der Waals surface area contributed by atoms with Crippen molar-refractivity contribution in [3.8, 4) is 0 Å². The third-order valence-corrected chi connectivity index (χ3v) is 1.21. The average Bonchev–Trinajstić information content (AvgIpc) is 1.81. The van der Waals surface area contributed by atoms with Crippen molar-refractivity contribution in [2.45, 2.75) is 13.8 Å². The molecule has 0 unspecified atom stereocenters. The number of nitrogens with zero attached hydrogens (tertiary/aromatic N) is 1. The molecule has 2 nitrogen and oxygen atoms in total. The Hall–Kier alpha value is -0.790. The third-order valence-electron chi connectivity index (χ3n) is 1.21. The molecule has 0 amide bonds. The lowest BCUT2D eigenvalue weighted by Gasteiger charge is -2.09. The van der Waals surface area contributed by atoms with Crippen LogP contribution in [0.3, 0.4) is 0 Å². The molecule has 0 aliphatic rings. The Labute approximate surface area is 62.5 Å². The minimum Gasteiger partial charge on any atom is -0.383 e. The molecule has 0 fully saturated rings. The van der Waals surface area contributed by atoms with Gasteiger partial charge in [0.05, 0.1) is 0 Å². The van der Waals surface area contributed by atoms with E-state index in [2.05, 4.69) is 0 Å². The molecule has 2 heteroatoms. The Bertz CT molecular complexity index is 136. The molecule has 0 bridgehead atoms. The van der Waals surface area contributed by atoms with Crippen molar-refractivity contribution in [1.82, 2.24) is 4.90 Å². The van der Waals surface area contributed by atoms with Crippen LogP contribution in [0.2, 0.25) is 0 Å². The second kappa shape index (κ2) is 4.09. The van der Waals surface area contributed by atoms with Gasteiger partial charge in [-0.1, -0.05) is 13.8 Å². The van der Waals surface area contributed by atoms with Gasteiger partial charge in [-0.25, -0.2) is 0 Å². The van der Waals surface area contributed by atoms with E-state index < -0.39 is 0 Å². The molecule has 0 atom stereocenters. The van der Waals surface area contributed by atoms with Crippen molar-refractivity contribution >= 4 is 6.29 Å². The monoisotopic (exact) mass is 141 g/mol. The molecule has 58 valence electrons. The molecule has 0 aliphatic carbocycles. The molecule has 0 aromatic rings. The van der Waals surface area contributed by atoms with Crippen LogP contribution < -0.4 is 0 Å². The number of carbonyl (C=O) groups excluding carboxylic acids is 1. The number of carbonyl (C=O) groups is 1. The molecule has 0 spiro atoms. The van der Waals surface area contributed by atoms with Gasteiger partial charge in [-0.05, 0) is 5.92 Å². The van der Waals surface area contributed by atoms with Crippen molar-refractivity contribution in [2.75, 3.05) is 14.1 Å². The Morgan fingerprint density at radius 3 is 2.00 bits per heavy atom. The lowest BCUT2D eigenvalue weighted by atomic mass is 10.1. The van der Waals surface area contributed by atoms with E-state index in [1.165, 1.54) is 0 Å². The van der Waals surface area contributed by atoms with E-state index in [1.54, 1.807) is 0 Å². The van der Waals surface area contributed by atoms with Crippen LogP contribution in [0.4, 0.5) is 0 Å². The molecule has 0 saturated carbocycles. The Kier molecular flexibility index (Phi) is 3.77. The fraction of sp³-hybridized carbons (Fsp3) is 0.625. The zero-order chi connectivity index (χ0) is 8.15. The van der Waals surface area contributed by atoms with Gasteiger partial charge in [-0.3, -0.25) is 4.79 Å². The first-order valence-corrected chi connectivity index (χ1v) is 3.41. The maximum atomic E-state index is 10.4. The van der Waals surface area contributed by atoms with Crippen molar-refractivity contribution in [3.63, 3.8) is 0 Å². The first kappa shape index (κ1) is 9.21. The standard InChI is InChI=1S/C8H15NO/c1-7(2)8(6-10)5-9(3)4/h5-7H,1-4H3. The lowest BCUT2D eigenvalue weighted by Crippen LogP contribution is -2.06. The molecule has 10 heavy (non-hydrogen) atoms. The van der Waals surface area contributed by atoms with E-state index in [0.29, 0.717) is 5.92 Å². The van der Waals surface area contributed by atoms with Gasteiger partial charge in [0.25, 0.3) is 0 Å². The maximum Gasteiger partial charge on any atom is 0.147 e. The second-order valence-electron chi connectivity index (χ2n) is 2.87. The predicted octanol–water partition coefficient (Wildman–Crippen LogP) is 1.29. The van der Waals surface area contributed by atoms with Gasteiger partial charge in [-0.2, -0.15) is 0 Å². The molecule has 0 aliphatic heterocycles. The van der Waals surface area contributed by atoms with Crippen molar-refractivity contribution in [2.24, 2.45) is 5.92 Å². The van der Waals surface area contributed by atoms with Gasteiger partial charge in [-0.15, -0.1) is 0 Å². The van der Waals surface area contributed by atoms with Crippen LogP contribution in [-0.4, -0.2) is 25.3 Å². The number of rotatable bonds is 3. The quantitative estimate of drug-likeness (QED) is 0.436. The fourth-order valence-electron chi connectivity index (χ4n) is 0.614. The lowest BCUT2D eigenvalue weighted by molar-refractivity contribution is -0.105. The number of hydrogen-bond acceptors (Lipinski definition) is 2. The van der Waals surface area contributed by atoms with Crippen molar-refractivity contribution < 1.29 is 4.79 Å². The molecule has 0 N–H and O–H groups in total. The molecule has 0 rings (SSSR count). The summed E-state index contributed by atoms with van der Waals surface area (Å²) in [5.74, 6) is 0.319. The molecule has 0 aromatic carbocycles. The SMILES string of the molecule is CC(C)C(C=O)=CN(C)C. The Morgan fingerprint density at radius 1 is 1.40 bits per heavy atom. The topological polar surface area (TPSA) is 20.3 Å². The van der Waals surface area contributed by atoms with Gasteiger partial charge in [0.15, 0.2) is 0 Å². The summed E-state index contributed by atoms with van der Waals surface area (Å²) in [6.07, 6.45) is 2.75. The van der Waals surface area contributed by atoms with Crippen molar-refractivity contribution in [1.29, 1.82) is 0 Å². The normalized spacial score (nSPS) is 11.9. The number of hydrogen-bond donors (Lipinski definition) is 0. The molecule has 0 aromatic heterocycles. The summed E-state index contributed by atoms with van der Waals surface area (Å²) in [6.45, 7) is 4.01. The minimum atomic E-state index is 0.319. The van der Waals surface area contributed by atoms with Crippen LogP contribution in [0.15, 0.2) is 11.8 Å². The van der Waals surface area contributed by atoms with E-state index >= 15 is 0 Å². The molecule has 0 saturated heterocycles. The van der Waals surface area contributed by atoms with Crippen LogP contribution >= 0.6 is 0 Å². The third kappa shape index (κ3) is 3.28. The summed E-state index contributed by atoms with van der Waals surface area (Å²) in [5.41, 5.74) is 0.838. The van der Waals surface area contributed by atoms with Crippen LogP contribution in [0.1, 0.15) is 13.8 Å². The maximum absolute atomic E-state index is 10.4. The molecule has 0 heterocycles. The summed E-state index contributed by atoms with van der Waals surface area (Å²) >= 11 is 0. The highest BCUT2D eigenvalue weighted by atomic mass is 16.1. The average molecular weight is 141 g/mol. The summed E-state index contributed by atoms with van der Waals surface area (Å²) in [5, 5.41) is 0. The second-order valence-corrected chi connectivity index (χ2v) is 2.87. The Morgan fingerprint density at radius 2 is 1.90 bits per heavy atom. The van der Waals surface area contributed by atoms with Gasteiger partial charge < -0.3 is 4.90 Å². The van der Waals surface area contributed by atoms with Gasteiger partial charge in [0, 0.05) is 25.9 Å². The summed E-state index contributed by atoms with van der Waals surface area (Å²) in [7, 11) is 3.82. The first-order chi connectivity index (χ1) is 4.57. The van der Waals surface area contributed by atoms with Gasteiger partial charge in [0.2, 0.25) is 0 Å². The molecule has 0 radical (unpaired) electrons. The van der Waals surface area contributed by atoms with E-state index in [-0.39, 0.29) is 0 Å². The Balaban J connectivity index is 4.18. The zero-order valence-corrected chi connectivity index (χ0v) is 7.09. The van der Waals surface area contributed by atoms with Crippen LogP contribution in [0, 0.1) is 5.92 Å². The first-order valence-electron chi connectivity index (χ1n) is 3.41. The van der Waals surface area contributed by atoms with E-state index in [0.717, 1.165) is 11.9 Å². The highest BCUT2D eigenvalue weighted by Crippen LogP contribution is 2.05. The number of aldehydes is 1. The predicted molar refractivity (Wildman–Crippen MR) is 42.7 cm³/mol. The summed E-state index contributed by atoms with van der Waals surface area (Å²) in [4.78, 5) is 12.3. The highest BCUT2D eigenvalue weighted by molar-refractivity contribution is 5.73. The van der Waals surface area contributed by atoms with E-state index in [9.17, 15) is 4.79 Å². The summed E-state index contributed by atoms with van der Waals surface area (Å²) < 4.78 is 0. The zero-order valence-electron chi connectivity index (χ0n) is 7.09. The fourth-order valence-corrected chi connectivity index (χ4v) is 0.614. The van der Waals surface area contributed by atoms with E-state index in [4.69, 9.17) is 0 Å². The largest absolute Gasteiger partial charge is 0.383 e. The number of allylic oxidation sites excluding steroid dienone is 1. The van der Waals surface area contributed by atoms with Gasteiger partial charge in [0.1, 0.15) is 6.29 Å². The molecular formula is C8H15NO. The minimum absolute atomic E-state index is 0.319. The smallest absolute Gasteiger partial charge is 0.147 e.